The molecule has 3 heterocycles. The molecule has 4 nitrogen and oxygen atoms in total. The number of methoxy groups -OCH3 is 1. The maximum Gasteiger partial charge on any atom is 0.176 e. The Hall–Kier alpha value is -3.11. The van der Waals surface area contributed by atoms with E-state index in [1.54, 1.807) is 13.3 Å². The molecule has 1 aliphatic heterocycles. The largest absolute Gasteiger partial charge is 0.493 e. The molecule has 0 N–H and O–H groups in total. The molecule has 1 saturated heterocycles. The molecule has 0 atom stereocenters. The number of pyridine rings is 1. The van der Waals surface area contributed by atoms with Crippen molar-refractivity contribution in [1.29, 1.82) is 0 Å². The number of aromatic nitrogens is 1. The molecule has 0 amide bonds. The van der Waals surface area contributed by atoms with Crippen LogP contribution in [0.4, 0.5) is 0 Å². The quantitative estimate of drug-likeness (QED) is 0.421. The number of benzene rings is 2. The van der Waals surface area contributed by atoms with E-state index in [1.165, 1.54) is 24.0 Å². The Balaban J connectivity index is 1.38. The van der Waals surface area contributed by atoms with E-state index >= 15 is 0 Å². The number of likely N-dealkylation sites (tertiary alicyclic amines) is 1. The van der Waals surface area contributed by atoms with E-state index in [0.29, 0.717) is 5.92 Å². The van der Waals surface area contributed by atoms with Crippen LogP contribution < -0.4 is 4.74 Å². The first kappa shape index (κ1) is 18.9. The van der Waals surface area contributed by atoms with Gasteiger partial charge in [0.05, 0.1) is 7.11 Å². The molecule has 4 heteroatoms. The predicted molar refractivity (Wildman–Crippen MR) is 120 cm³/mol. The van der Waals surface area contributed by atoms with E-state index in [9.17, 15) is 0 Å². The molecule has 2 aromatic heterocycles. The molecule has 0 bridgehead atoms. The summed E-state index contributed by atoms with van der Waals surface area (Å²) in [4.78, 5) is 6.78. The van der Waals surface area contributed by atoms with Gasteiger partial charge >= 0.3 is 0 Å². The molecule has 0 unspecified atom stereocenters. The van der Waals surface area contributed by atoms with E-state index in [-0.39, 0.29) is 0 Å². The average Bonchev–Trinajstić information content (AvgIpc) is 3.27. The molecule has 0 radical (unpaired) electrons. The summed E-state index contributed by atoms with van der Waals surface area (Å²) in [6, 6.07) is 21.2. The Morgan fingerprint density at radius 3 is 2.60 bits per heavy atom. The summed E-state index contributed by atoms with van der Waals surface area (Å²) in [5.41, 5.74) is 4.54. The summed E-state index contributed by atoms with van der Waals surface area (Å²) in [6.45, 7) is 3.15. The van der Waals surface area contributed by atoms with Crippen LogP contribution in [0.5, 0.6) is 5.75 Å². The molecule has 4 aromatic rings. The van der Waals surface area contributed by atoms with E-state index in [0.717, 1.165) is 47.7 Å². The van der Waals surface area contributed by atoms with Crippen molar-refractivity contribution in [3.05, 3.63) is 84.2 Å². The fraction of sp³-hybridized carbons (Fsp3) is 0.269. The smallest absolute Gasteiger partial charge is 0.176 e. The number of fused-ring (bicyclic) bond motifs is 1. The Morgan fingerprint density at radius 2 is 1.87 bits per heavy atom. The van der Waals surface area contributed by atoms with Gasteiger partial charge in [0.2, 0.25) is 0 Å². The van der Waals surface area contributed by atoms with Gasteiger partial charge < -0.3 is 9.15 Å². The zero-order chi connectivity index (χ0) is 20.3. The number of rotatable bonds is 5. The molecular weight excluding hydrogens is 372 g/mol. The lowest BCUT2D eigenvalue weighted by Gasteiger charge is -2.32. The second-order valence-corrected chi connectivity index (χ2v) is 7.98. The van der Waals surface area contributed by atoms with Crippen molar-refractivity contribution in [2.45, 2.75) is 25.3 Å². The highest BCUT2D eigenvalue weighted by atomic mass is 16.5. The summed E-state index contributed by atoms with van der Waals surface area (Å²) in [5.74, 6) is 2.27. The number of piperidine rings is 1. The summed E-state index contributed by atoms with van der Waals surface area (Å²) in [6.07, 6.45) is 6.01. The van der Waals surface area contributed by atoms with Crippen LogP contribution in [0.1, 0.15) is 29.9 Å². The third kappa shape index (κ3) is 3.71. The Morgan fingerprint density at radius 1 is 1.03 bits per heavy atom. The summed E-state index contributed by atoms with van der Waals surface area (Å²) < 4.78 is 11.8. The molecule has 1 fully saturated rings. The van der Waals surface area contributed by atoms with Gasteiger partial charge in [-0.1, -0.05) is 36.4 Å². The van der Waals surface area contributed by atoms with Gasteiger partial charge in [-0.3, -0.25) is 9.88 Å². The van der Waals surface area contributed by atoms with Gasteiger partial charge in [-0.2, -0.15) is 0 Å². The SMILES string of the molecule is COc1ccc(CN2CCC(c3ccccc3)CC2)c2cc(-c3cccnc3)oc12. The monoisotopic (exact) mass is 398 g/mol. The van der Waals surface area contributed by atoms with Crippen molar-refractivity contribution in [2.24, 2.45) is 0 Å². The third-order valence-electron chi connectivity index (χ3n) is 6.16. The molecule has 2 aromatic carbocycles. The van der Waals surface area contributed by atoms with Crippen LogP contribution in [-0.4, -0.2) is 30.1 Å². The molecule has 5 rings (SSSR count). The van der Waals surface area contributed by atoms with Gasteiger partial charge in [0.25, 0.3) is 0 Å². The zero-order valence-electron chi connectivity index (χ0n) is 17.3. The lowest BCUT2D eigenvalue weighted by atomic mass is 9.89. The molecule has 0 saturated carbocycles. The van der Waals surface area contributed by atoms with Crippen molar-refractivity contribution in [3.63, 3.8) is 0 Å². The van der Waals surface area contributed by atoms with Gasteiger partial charge in [-0.15, -0.1) is 0 Å². The minimum Gasteiger partial charge on any atom is -0.493 e. The number of hydrogen-bond acceptors (Lipinski definition) is 4. The van der Waals surface area contributed by atoms with Crippen LogP contribution in [0, 0.1) is 0 Å². The number of ether oxygens (including phenoxy) is 1. The zero-order valence-corrected chi connectivity index (χ0v) is 17.3. The van der Waals surface area contributed by atoms with Crippen LogP contribution in [0.15, 0.2) is 77.5 Å². The van der Waals surface area contributed by atoms with E-state index in [4.69, 9.17) is 9.15 Å². The lowest BCUT2D eigenvalue weighted by Crippen LogP contribution is -2.32. The van der Waals surface area contributed by atoms with Gasteiger partial charge in [0.15, 0.2) is 11.3 Å². The summed E-state index contributed by atoms with van der Waals surface area (Å²) in [5, 5.41) is 1.12. The highest BCUT2D eigenvalue weighted by Gasteiger charge is 2.22. The fourth-order valence-corrected chi connectivity index (χ4v) is 4.49. The normalized spacial score (nSPS) is 15.5. The third-order valence-corrected chi connectivity index (χ3v) is 6.16. The van der Waals surface area contributed by atoms with Crippen molar-refractivity contribution >= 4 is 11.0 Å². The fourth-order valence-electron chi connectivity index (χ4n) is 4.49. The predicted octanol–water partition coefficient (Wildman–Crippen LogP) is 5.88. The van der Waals surface area contributed by atoms with Crippen LogP contribution >= 0.6 is 0 Å². The minimum atomic E-state index is 0.671. The van der Waals surface area contributed by atoms with Crippen LogP contribution in [-0.2, 0) is 6.54 Å². The molecule has 152 valence electrons. The van der Waals surface area contributed by atoms with Crippen LogP contribution in [0.2, 0.25) is 0 Å². The number of nitrogens with zero attached hydrogens (tertiary/aromatic N) is 2. The Bertz CT molecular complexity index is 1110. The van der Waals surface area contributed by atoms with E-state index in [1.807, 2.05) is 24.4 Å². The topological polar surface area (TPSA) is 38.5 Å². The first-order valence-corrected chi connectivity index (χ1v) is 10.6. The van der Waals surface area contributed by atoms with Crippen molar-refractivity contribution in [3.8, 4) is 17.1 Å². The lowest BCUT2D eigenvalue weighted by molar-refractivity contribution is 0.205. The first-order chi connectivity index (χ1) is 14.8. The van der Waals surface area contributed by atoms with Gasteiger partial charge in [0.1, 0.15) is 5.76 Å². The average molecular weight is 399 g/mol. The minimum absolute atomic E-state index is 0.671. The number of hydrogen-bond donors (Lipinski definition) is 0. The second kappa shape index (κ2) is 8.33. The van der Waals surface area contributed by atoms with E-state index < -0.39 is 0 Å². The van der Waals surface area contributed by atoms with Crippen molar-refractivity contribution in [1.82, 2.24) is 9.88 Å². The summed E-state index contributed by atoms with van der Waals surface area (Å²) in [7, 11) is 1.69. The van der Waals surface area contributed by atoms with Gasteiger partial charge in [-0.25, -0.2) is 0 Å². The van der Waals surface area contributed by atoms with Crippen molar-refractivity contribution < 1.29 is 9.15 Å². The first-order valence-electron chi connectivity index (χ1n) is 10.6. The molecule has 30 heavy (non-hydrogen) atoms. The van der Waals surface area contributed by atoms with Crippen LogP contribution in [0.25, 0.3) is 22.3 Å². The maximum absolute atomic E-state index is 6.20. The number of furan rings is 1. The standard InChI is InChI=1S/C26H26N2O2/c1-29-24-10-9-22(23-16-25(30-26(23)24)21-8-5-13-27-17-21)18-28-14-11-20(12-15-28)19-6-3-2-4-7-19/h2-10,13,16-17,20H,11-12,14-15,18H2,1H3. The van der Waals surface area contributed by atoms with E-state index in [2.05, 4.69) is 52.3 Å². The Kier molecular flexibility index (Phi) is 5.24. The molecule has 0 spiro atoms. The molecular formula is C26H26N2O2. The molecule has 1 aliphatic rings. The van der Waals surface area contributed by atoms with Crippen LogP contribution in [0.3, 0.4) is 0 Å². The van der Waals surface area contributed by atoms with Crippen molar-refractivity contribution in [2.75, 3.05) is 20.2 Å². The Labute approximate surface area is 177 Å². The maximum atomic E-state index is 6.20. The highest BCUT2D eigenvalue weighted by Crippen LogP contribution is 2.36. The summed E-state index contributed by atoms with van der Waals surface area (Å²) >= 11 is 0. The van der Waals surface area contributed by atoms with Gasteiger partial charge in [-0.05, 0) is 67.2 Å². The molecule has 0 aliphatic carbocycles. The highest BCUT2D eigenvalue weighted by molar-refractivity contribution is 5.90. The van der Waals surface area contributed by atoms with Gasteiger partial charge in [0, 0.05) is 29.9 Å². The second-order valence-electron chi connectivity index (χ2n) is 7.98.